The predicted octanol–water partition coefficient (Wildman–Crippen LogP) is 4.55. The summed E-state index contributed by atoms with van der Waals surface area (Å²) in [5, 5.41) is 2.35. The van der Waals surface area contributed by atoms with Crippen LogP contribution in [0.4, 0.5) is 0 Å². The van der Waals surface area contributed by atoms with Gasteiger partial charge in [0, 0.05) is 10.0 Å². The highest BCUT2D eigenvalue weighted by Crippen LogP contribution is 2.32. The highest BCUT2D eigenvalue weighted by atomic mass is 79.9. The fraction of sp³-hybridized carbons (Fsp3) is 0.125. The van der Waals surface area contributed by atoms with Crippen molar-refractivity contribution in [2.24, 2.45) is 5.73 Å². The molecule has 2 aromatic carbocycles. The summed E-state index contributed by atoms with van der Waals surface area (Å²) in [6.45, 7) is 1.94. The second-order valence-corrected chi connectivity index (χ2v) is 5.45. The first-order valence-electron chi connectivity index (χ1n) is 6.15. The van der Waals surface area contributed by atoms with Gasteiger partial charge in [0.25, 0.3) is 0 Å². The van der Waals surface area contributed by atoms with Gasteiger partial charge in [0.2, 0.25) is 0 Å². The number of benzene rings is 2. The van der Waals surface area contributed by atoms with Gasteiger partial charge in [0.15, 0.2) is 0 Å². The Morgan fingerprint density at radius 1 is 1.00 bits per heavy atom. The van der Waals surface area contributed by atoms with Crippen LogP contribution in [0.15, 0.2) is 57.6 Å². The minimum absolute atomic E-state index is 0.170. The lowest BCUT2D eigenvalue weighted by Gasteiger charge is -2.15. The van der Waals surface area contributed by atoms with E-state index >= 15 is 0 Å². The average molecular weight is 316 g/mol. The van der Waals surface area contributed by atoms with Crippen LogP contribution in [0.1, 0.15) is 22.9 Å². The van der Waals surface area contributed by atoms with E-state index in [1.807, 2.05) is 31.2 Å². The minimum Gasteiger partial charge on any atom is -0.469 e. The maximum absolute atomic E-state index is 6.40. The summed E-state index contributed by atoms with van der Waals surface area (Å²) < 4.78 is 6.44. The summed E-state index contributed by atoms with van der Waals surface area (Å²) in [5.41, 5.74) is 8.55. The molecular formula is C16H14BrNO. The number of nitrogens with two attached hydrogens (primary N) is 1. The minimum atomic E-state index is -0.170. The van der Waals surface area contributed by atoms with E-state index in [9.17, 15) is 0 Å². The number of halogens is 1. The Morgan fingerprint density at radius 3 is 2.42 bits per heavy atom. The fourth-order valence-corrected chi connectivity index (χ4v) is 2.92. The molecule has 1 heterocycles. The lowest BCUT2D eigenvalue weighted by Crippen LogP contribution is -2.12. The van der Waals surface area contributed by atoms with Crippen LogP contribution in [-0.4, -0.2) is 0 Å². The first-order chi connectivity index (χ1) is 9.18. The highest BCUT2D eigenvalue weighted by molar-refractivity contribution is 9.10. The van der Waals surface area contributed by atoms with Crippen LogP contribution in [0.25, 0.3) is 10.8 Å². The van der Waals surface area contributed by atoms with Crippen LogP contribution in [0.2, 0.25) is 0 Å². The molecule has 2 N–H and O–H groups in total. The van der Waals surface area contributed by atoms with E-state index in [4.69, 9.17) is 10.2 Å². The van der Waals surface area contributed by atoms with Crippen molar-refractivity contribution in [1.82, 2.24) is 0 Å². The molecule has 3 heteroatoms. The monoisotopic (exact) mass is 315 g/mol. The number of fused-ring (bicyclic) bond motifs is 1. The number of aryl methyl sites for hydroxylation is 1. The lowest BCUT2D eigenvalue weighted by molar-refractivity contribution is 0.527. The zero-order valence-corrected chi connectivity index (χ0v) is 12.1. The molecule has 0 radical (unpaired) electrons. The molecule has 0 spiro atoms. The summed E-state index contributed by atoms with van der Waals surface area (Å²) in [5.74, 6) is 0.875. The van der Waals surface area contributed by atoms with Crippen molar-refractivity contribution in [3.05, 3.63) is 70.1 Å². The Balaban J connectivity index is 2.21. The van der Waals surface area contributed by atoms with Crippen LogP contribution < -0.4 is 5.73 Å². The van der Waals surface area contributed by atoms with Gasteiger partial charge in [-0.25, -0.2) is 0 Å². The third-order valence-corrected chi connectivity index (χ3v) is 4.17. The van der Waals surface area contributed by atoms with Crippen molar-refractivity contribution in [3.8, 4) is 0 Å². The molecule has 96 valence electrons. The van der Waals surface area contributed by atoms with Crippen molar-refractivity contribution >= 4 is 26.7 Å². The smallest absolute Gasteiger partial charge is 0.105 e. The molecule has 0 aliphatic heterocycles. The number of hydrogen-bond acceptors (Lipinski definition) is 2. The van der Waals surface area contributed by atoms with Crippen LogP contribution in [0.5, 0.6) is 0 Å². The number of rotatable bonds is 2. The van der Waals surface area contributed by atoms with Gasteiger partial charge in [0.1, 0.15) is 5.76 Å². The quantitative estimate of drug-likeness (QED) is 0.753. The molecule has 3 rings (SSSR count). The second-order valence-electron chi connectivity index (χ2n) is 4.59. The SMILES string of the molecule is Cc1occc1C(N)c1ccc(Br)c2ccccc12. The van der Waals surface area contributed by atoms with Crippen LogP contribution in [0, 0.1) is 6.92 Å². The molecule has 0 saturated heterocycles. The summed E-state index contributed by atoms with van der Waals surface area (Å²) in [4.78, 5) is 0. The largest absolute Gasteiger partial charge is 0.469 e. The molecule has 0 aliphatic carbocycles. The maximum Gasteiger partial charge on any atom is 0.105 e. The van der Waals surface area contributed by atoms with Gasteiger partial charge in [-0.05, 0) is 35.4 Å². The van der Waals surface area contributed by atoms with Gasteiger partial charge in [0.05, 0.1) is 12.3 Å². The van der Waals surface area contributed by atoms with Crippen molar-refractivity contribution < 1.29 is 4.42 Å². The Hall–Kier alpha value is -1.58. The number of furan rings is 1. The molecule has 0 fully saturated rings. The van der Waals surface area contributed by atoms with Gasteiger partial charge in [-0.15, -0.1) is 0 Å². The van der Waals surface area contributed by atoms with Crippen molar-refractivity contribution in [1.29, 1.82) is 0 Å². The van der Waals surface area contributed by atoms with E-state index in [-0.39, 0.29) is 6.04 Å². The van der Waals surface area contributed by atoms with Crippen molar-refractivity contribution in [2.75, 3.05) is 0 Å². The second kappa shape index (κ2) is 4.83. The average Bonchev–Trinajstić information content (AvgIpc) is 2.85. The number of hydrogen-bond donors (Lipinski definition) is 1. The van der Waals surface area contributed by atoms with Crippen LogP contribution in [-0.2, 0) is 0 Å². The fourth-order valence-electron chi connectivity index (χ4n) is 2.44. The van der Waals surface area contributed by atoms with E-state index < -0.39 is 0 Å². The molecule has 0 aliphatic rings. The highest BCUT2D eigenvalue weighted by Gasteiger charge is 2.16. The van der Waals surface area contributed by atoms with Crippen molar-refractivity contribution in [3.63, 3.8) is 0 Å². The van der Waals surface area contributed by atoms with Gasteiger partial charge in [-0.1, -0.05) is 46.3 Å². The third-order valence-electron chi connectivity index (χ3n) is 3.47. The Kier molecular flexibility index (Phi) is 3.17. The maximum atomic E-state index is 6.40. The van der Waals surface area contributed by atoms with E-state index in [2.05, 4.69) is 34.1 Å². The first kappa shape index (κ1) is 12.5. The van der Waals surface area contributed by atoms with Gasteiger partial charge >= 0.3 is 0 Å². The summed E-state index contributed by atoms with van der Waals surface area (Å²) >= 11 is 3.58. The molecule has 1 atom stereocenters. The van der Waals surface area contributed by atoms with Crippen LogP contribution >= 0.6 is 15.9 Å². The van der Waals surface area contributed by atoms with Gasteiger partial charge in [-0.3, -0.25) is 0 Å². The standard InChI is InChI=1S/C16H14BrNO/c1-10-11(8-9-19-10)16(18)14-6-7-15(17)13-5-3-2-4-12(13)14/h2-9,16H,18H2,1H3. The summed E-state index contributed by atoms with van der Waals surface area (Å²) in [6, 6.07) is 14.2. The molecule has 0 saturated carbocycles. The topological polar surface area (TPSA) is 39.2 Å². The molecule has 1 unspecified atom stereocenters. The molecule has 3 aromatic rings. The zero-order valence-electron chi connectivity index (χ0n) is 10.6. The van der Waals surface area contributed by atoms with E-state index in [0.29, 0.717) is 0 Å². The summed E-state index contributed by atoms with van der Waals surface area (Å²) in [6.07, 6.45) is 1.69. The van der Waals surface area contributed by atoms with Gasteiger partial charge in [-0.2, -0.15) is 0 Å². The molecule has 1 aromatic heterocycles. The molecule has 0 bridgehead atoms. The Morgan fingerprint density at radius 2 is 1.74 bits per heavy atom. The normalized spacial score (nSPS) is 12.8. The molecular weight excluding hydrogens is 302 g/mol. The molecule has 0 amide bonds. The molecule has 19 heavy (non-hydrogen) atoms. The van der Waals surface area contributed by atoms with Crippen LogP contribution in [0.3, 0.4) is 0 Å². The zero-order chi connectivity index (χ0) is 13.4. The molecule has 2 nitrogen and oxygen atoms in total. The first-order valence-corrected chi connectivity index (χ1v) is 6.94. The summed E-state index contributed by atoms with van der Waals surface area (Å²) in [7, 11) is 0. The Labute approximate surface area is 120 Å². The third kappa shape index (κ3) is 2.09. The lowest BCUT2D eigenvalue weighted by atomic mass is 9.95. The Bertz CT molecular complexity index is 732. The van der Waals surface area contributed by atoms with Gasteiger partial charge < -0.3 is 10.2 Å². The van der Waals surface area contributed by atoms with E-state index in [1.165, 1.54) is 10.8 Å². The predicted molar refractivity (Wildman–Crippen MR) is 81.1 cm³/mol. The van der Waals surface area contributed by atoms with E-state index in [1.54, 1.807) is 6.26 Å². The van der Waals surface area contributed by atoms with Crippen molar-refractivity contribution in [2.45, 2.75) is 13.0 Å². The van der Waals surface area contributed by atoms with E-state index in [0.717, 1.165) is 21.4 Å².